The molecule has 4 rings (SSSR count). The van der Waals surface area contributed by atoms with Crippen LogP contribution in [-0.2, 0) is 11.4 Å². The Kier molecular flexibility index (Phi) is 5.07. The Morgan fingerprint density at radius 3 is 2.69 bits per heavy atom. The van der Waals surface area contributed by atoms with Crippen LogP contribution in [0.5, 0.6) is 5.75 Å². The van der Waals surface area contributed by atoms with Gasteiger partial charge in [0, 0.05) is 23.5 Å². The fourth-order valence-electron chi connectivity index (χ4n) is 3.27. The molecule has 2 heterocycles. The summed E-state index contributed by atoms with van der Waals surface area (Å²) < 4.78 is 5.87. The molecule has 144 valence electrons. The fraction of sp³-hybridized carbons (Fsp3) is 0.0870. The molecule has 0 bridgehead atoms. The Hall–Kier alpha value is -3.93. The van der Waals surface area contributed by atoms with E-state index in [1.54, 1.807) is 30.6 Å². The van der Waals surface area contributed by atoms with Gasteiger partial charge in [-0.1, -0.05) is 48.5 Å². The van der Waals surface area contributed by atoms with E-state index >= 15 is 0 Å². The van der Waals surface area contributed by atoms with Gasteiger partial charge in [-0.3, -0.25) is 15.2 Å². The molecule has 0 saturated carbocycles. The lowest BCUT2D eigenvalue weighted by molar-refractivity contribution is -0.117. The highest BCUT2D eigenvalue weighted by atomic mass is 16.5. The molecule has 3 aromatic rings. The van der Waals surface area contributed by atoms with Gasteiger partial charge in [0.25, 0.3) is 5.91 Å². The van der Waals surface area contributed by atoms with E-state index < -0.39 is 6.04 Å². The quantitative estimate of drug-likeness (QED) is 0.568. The molecule has 0 fully saturated rings. The molecule has 29 heavy (non-hydrogen) atoms. The molecular formula is C23H20N4O2. The Bertz CT molecular complexity index is 1080. The Labute approximate surface area is 168 Å². The molecule has 2 aromatic carbocycles. The van der Waals surface area contributed by atoms with Crippen LogP contribution in [0.2, 0.25) is 0 Å². The number of nitrogens with zero attached hydrogens (tertiary/aromatic N) is 1. The summed E-state index contributed by atoms with van der Waals surface area (Å²) in [6, 6.07) is 20.3. The summed E-state index contributed by atoms with van der Waals surface area (Å²) in [5, 5.41) is 11.5. The van der Waals surface area contributed by atoms with Crippen LogP contribution in [0.25, 0.3) is 0 Å². The SMILES string of the molecule is N=C(C1=C(N)C(=O)N[C@H]1c1cccnc1)c1cccc(OCc2ccccc2)c1. The Balaban J connectivity index is 1.59. The predicted octanol–water partition coefficient (Wildman–Crippen LogP) is 3.11. The van der Waals surface area contributed by atoms with Gasteiger partial charge in [0.15, 0.2) is 0 Å². The molecule has 1 aliphatic rings. The average Bonchev–Trinajstić information content (AvgIpc) is 3.08. The van der Waals surface area contributed by atoms with Crippen molar-refractivity contribution in [3.8, 4) is 5.75 Å². The smallest absolute Gasteiger partial charge is 0.268 e. The summed E-state index contributed by atoms with van der Waals surface area (Å²) in [7, 11) is 0. The second-order valence-corrected chi connectivity index (χ2v) is 6.70. The molecule has 0 unspecified atom stereocenters. The highest BCUT2D eigenvalue weighted by molar-refractivity contribution is 6.18. The van der Waals surface area contributed by atoms with Crippen LogP contribution in [0.3, 0.4) is 0 Å². The van der Waals surface area contributed by atoms with Crippen molar-refractivity contribution in [1.29, 1.82) is 5.41 Å². The first-order valence-electron chi connectivity index (χ1n) is 9.20. The maximum absolute atomic E-state index is 12.2. The van der Waals surface area contributed by atoms with E-state index in [-0.39, 0.29) is 17.3 Å². The Morgan fingerprint density at radius 2 is 1.93 bits per heavy atom. The standard InChI is InChI=1S/C23H20N4O2/c24-20(19-21(25)23(28)27-22(19)17-9-5-11-26-13-17)16-8-4-10-18(12-16)29-14-15-6-2-1-3-7-15/h1-13,22,24H,14,25H2,(H,27,28)/t22-/m0/s1. The van der Waals surface area contributed by atoms with Gasteiger partial charge >= 0.3 is 0 Å². The number of hydrogen-bond acceptors (Lipinski definition) is 5. The highest BCUT2D eigenvalue weighted by Crippen LogP contribution is 2.31. The summed E-state index contributed by atoms with van der Waals surface area (Å²) in [4.78, 5) is 16.3. The van der Waals surface area contributed by atoms with Crippen molar-refractivity contribution in [2.24, 2.45) is 5.73 Å². The fourth-order valence-corrected chi connectivity index (χ4v) is 3.27. The summed E-state index contributed by atoms with van der Waals surface area (Å²) >= 11 is 0. The summed E-state index contributed by atoms with van der Waals surface area (Å²) in [6.45, 7) is 0.431. The lowest BCUT2D eigenvalue weighted by Crippen LogP contribution is -2.24. The monoisotopic (exact) mass is 384 g/mol. The number of amides is 1. The van der Waals surface area contributed by atoms with E-state index in [1.807, 2.05) is 48.5 Å². The number of ether oxygens (including phenoxy) is 1. The van der Waals surface area contributed by atoms with Crippen LogP contribution in [0.4, 0.5) is 0 Å². The van der Waals surface area contributed by atoms with Gasteiger partial charge in [-0.15, -0.1) is 0 Å². The van der Waals surface area contributed by atoms with Crippen LogP contribution < -0.4 is 15.8 Å². The minimum Gasteiger partial charge on any atom is -0.489 e. The molecule has 0 saturated heterocycles. The topological polar surface area (TPSA) is 101 Å². The molecule has 1 atom stereocenters. The minimum atomic E-state index is -0.502. The van der Waals surface area contributed by atoms with Gasteiger partial charge in [0.2, 0.25) is 0 Å². The molecule has 6 nitrogen and oxygen atoms in total. The number of carbonyl (C=O) groups is 1. The highest BCUT2D eigenvalue weighted by Gasteiger charge is 2.34. The maximum atomic E-state index is 12.2. The number of rotatable bonds is 6. The van der Waals surface area contributed by atoms with E-state index in [0.717, 1.165) is 11.1 Å². The first kappa shape index (κ1) is 18.4. The van der Waals surface area contributed by atoms with Gasteiger partial charge in [-0.05, 0) is 29.3 Å². The number of pyridine rings is 1. The predicted molar refractivity (Wildman–Crippen MR) is 110 cm³/mol. The molecule has 0 radical (unpaired) electrons. The second-order valence-electron chi connectivity index (χ2n) is 6.70. The average molecular weight is 384 g/mol. The normalized spacial score (nSPS) is 15.9. The zero-order valence-electron chi connectivity index (χ0n) is 15.6. The number of benzene rings is 2. The third-order valence-electron chi connectivity index (χ3n) is 4.76. The largest absolute Gasteiger partial charge is 0.489 e. The van der Waals surface area contributed by atoms with Gasteiger partial charge in [0.1, 0.15) is 18.1 Å². The molecule has 1 aromatic heterocycles. The third-order valence-corrected chi connectivity index (χ3v) is 4.76. The first-order valence-corrected chi connectivity index (χ1v) is 9.20. The molecule has 0 spiro atoms. The van der Waals surface area contributed by atoms with Crippen molar-refractivity contribution in [3.63, 3.8) is 0 Å². The lowest BCUT2D eigenvalue weighted by atomic mass is 9.93. The first-order chi connectivity index (χ1) is 14.1. The van der Waals surface area contributed by atoms with Gasteiger partial charge in [-0.25, -0.2) is 0 Å². The summed E-state index contributed by atoms with van der Waals surface area (Å²) in [5.74, 6) is 0.264. The Morgan fingerprint density at radius 1 is 1.10 bits per heavy atom. The molecular weight excluding hydrogens is 364 g/mol. The van der Waals surface area contributed by atoms with Crippen molar-refractivity contribution in [2.45, 2.75) is 12.6 Å². The summed E-state index contributed by atoms with van der Waals surface area (Å²) in [5.41, 5.74) is 9.18. The van der Waals surface area contributed by atoms with Crippen LogP contribution in [0, 0.1) is 5.41 Å². The summed E-state index contributed by atoms with van der Waals surface area (Å²) in [6.07, 6.45) is 3.32. The zero-order chi connectivity index (χ0) is 20.2. The van der Waals surface area contributed by atoms with Crippen LogP contribution >= 0.6 is 0 Å². The maximum Gasteiger partial charge on any atom is 0.268 e. The van der Waals surface area contributed by atoms with Gasteiger partial charge in [0.05, 0.1) is 11.8 Å². The van der Waals surface area contributed by atoms with Crippen molar-refractivity contribution in [1.82, 2.24) is 10.3 Å². The second kappa shape index (κ2) is 7.98. The molecule has 6 heteroatoms. The lowest BCUT2D eigenvalue weighted by Gasteiger charge is -2.17. The number of carbonyl (C=O) groups excluding carboxylic acids is 1. The van der Waals surface area contributed by atoms with Crippen molar-refractivity contribution in [3.05, 3.63) is 107 Å². The zero-order valence-corrected chi connectivity index (χ0v) is 15.6. The number of nitrogens with one attached hydrogen (secondary N) is 2. The van der Waals surface area contributed by atoms with Crippen molar-refractivity contribution >= 4 is 11.6 Å². The van der Waals surface area contributed by atoms with E-state index in [4.69, 9.17) is 15.9 Å². The minimum absolute atomic E-state index is 0.0551. The van der Waals surface area contributed by atoms with Crippen molar-refractivity contribution in [2.75, 3.05) is 0 Å². The molecule has 1 amide bonds. The van der Waals surface area contributed by atoms with Crippen LogP contribution in [0.15, 0.2) is 90.4 Å². The van der Waals surface area contributed by atoms with E-state index in [0.29, 0.717) is 23.5 Å². The van der Waals surface area contributed by atoms with E-state index in [2.05, 4.69) is 10.3 Å². The van der Waals surface area contributed by atoms with Crippen LogP contribution in [-0.4, -0.2) is 16.6 Å². The molecule has 4 N–H and O–H groups in total. The van der Waals surface area contributed by atoms with Crippen LogP contribution in [0.1, 0.15) is 22.7 Å². The van der Waals surface area contributed by atoms with Crippen molar-refractivity contribution < 1.29 is 9.53 Å². The molecule has 0 aliphatic carbocycles. The van der Waals surface area contributed by atoms with E-state index in [9.17, 15) is 4.79 Å². The molecule has 1 aliphatic heterocycles. The number of aromatic nitrogens is 1. The number of hydrogen-bond donors (Lipinski definition) is 3. The number of nitrogens with two attached hydrogens (primary N) is 1. The third kappa shape index (κ3) is 3.87. The van der Waals surface area contributed by atoms with Gasteiger partial charge < -0.3 is 15.8 Å². The van der Waals surface area contributed by atoms with Gasteiger partial charge in [-0.2, -0.15) is 0 Å². The van der Waals surface area contributed by atoms with E-state index in [1.165, 1.54) is 0 Å².